The lowest BCUT2D eigenvalue weighted by Crippen LogP contribution is -2.23. The molecule has 0 saturated heterocycles. The maximum Gasteiger partial charge on any atom is 0.262 e. The largest absolute Gasteiger partial charge is 0.346 e. The Morgan fingerprint density at radius 3 is 2.53 bits per heavy atom. The van der Waals surface area contributed by atoms with Crippen molar-refractivity contribution in [1.29, 1.82) is 0 Å². The molecule has 6 nitrogen and oxygen atoms in total. The molecule has 158 valence electrons. The van der Waals surface area contributed by atoms with Crippen molar-refractivity contribution in [2.45, 2.75) is 37.6 Å². The molecule has 3 rings (SSSR count). The molecule has 0 aliphatic heterocycles. The Hall–Kier alpha value is -2.78. The van der Waals surface area contributed by atoms with Crippen LogP contribution in [0.15, 0.2) is 58.8 Å². The second-order valence-corrected chi connectivity index (χ2v) is 10.3. The van der Waals surface area contributed by atoms with Crippen LogP contribution in [0, 0.1) is 5.82 Å². The molecular formula is C21H22FN3O3S2. The fourth-order valence-electron chi connectivity index (χ4n) is 2.55. The third kappa shape index (κ3) is 5.22. The molecule has 0 spiro atoms. The van der Waals surface area contributed by atoms with Crippen LogP contribution < -0.4 is 10.0 Å². The van der Waals surface area contributed by atoms with Crippen LogP contribution in [0.1, 0.15) is 41.8 Å². The van der Waals surface area contributed by atoms with E-state index in [1.54, 1.807) is 0 Å². The maximum atomic E-state index is 13.8. The second-order valence-electron chi connectivity index (χ2n) is 7.67. The van der Waals surface area contributed by atoms with Gasteiger partial charge in [-0.15, -0.1) is 11.3 Å². The zero-order valence-electron chi connectivity index (χ0n) is 16.8. The molecule has 0 aliphatic rings. The number of sulfonamides is 1. The Labute approximate surface area is 179 Å². The minimum atomic E-state index is -4.05. The number of nitrogens with zero attached hydrogens (tertiary/aromatic N) is 1. The fourth-order valence-corrected chi connectivity index (χ4v) is 4.62. The number of halogens is 1. The summed E-state index contributed by atoms with van der Waals surface area (Å²) in [4.78, 5) is 16.9. The molecule has 30 heavy (non-hydrogen) atoms. The Kier molecular flexibility index (Phi) is 6.23. The third-order valence-electron chi connectivity index (χ3n) is 4.25. The van der Waals surface area contributed by atoms with Gasteiger partial charge in [-0.25, -0.2) is 17.8 Å². The molecule has 2 N–H and O–H groups in total. The van der Waals surface area contributed by atoms with E-state index in [9.17, 15) is 17.6 Å². The highest BCUT2D eigenvalue weighted by Gasteiger charge is 2.19. The van der Waals surface area contributed by atoms with Gasteiger partial charge in [-0.2, -0.15) is 0 Å². The average molecular weight is 448 g/mol. The van der Waals surface area contributed by atoms with Crippen LogP contribution in [0.3, 0.4) is 0 Å². The molecule has 1 amide bonds. The van der Waals surface area contributed by atoms with E-state index in [-0.39, 0.29) is 28.1 Å². The summed E-state index contributed by atoms with van der Waals surface area (Å²) in [6, 6.07) is 11.0. The van der Waals surface area contributed by atoms with Crippen molar-refractivity contribution in [2.24, 2.45) is 0 Å². The van der Waals surface area contributed by atoms with Gasteiger partial charge < -0.3 is 5.32 Å². The number of benzene rings is 2. The predicted molar refractivity (Wildman–Crippen MR) is 116 cm³/mol. The lowest BCUT2D eigenvalue weighted by Gasteiger charge is -2.14. The van der Waals surface area contributed by atoms with Crippen LogP contribution in [0.25, 0.3) is 0 Å². The first kappa shape index (κ1) is 21.9. The molecule has 0 atom stereocenters. The molecule has 1 aromatic heterocycles. The number of amides is 1. The quantitative estimate of drug-likeness (QED) is 0.589. The van der Waals surface area contributed by atoms with Crippen LogP contribution in [0.2, 0.25) is 0 Å². The van der Waals surface area contributed by atoms with E-state index >= 15 is 0 Å². The number of carbonyl (C=O) groups excluding carboxylic acids is 1. The first-order valence-corrected chi connectivity index (χ1v) is 11.5. The van der Waals surface area contributed by atoms with Crippen molar-refractivity contribution in [3.8, 4) is 0 Å². The molecule has 2 aromatic carbocycles. The number of para-hydroxylation sites is 1. The normalized spacial score (nSPS) is 11.9. The highest BCUT2D eigenvalue weighted by molar-refractivity contribution is 7.92. The van der Waals surface area contributed by atoms with Crippen LogP contribution in [-0.4, -0.2) is 19.3 Å². The van der Waals surface area contributed by atoms with Crippen molar-refractivity contribution < 1.29 is 17.6 Å². The SMILES string of the molecule is CC(C)(C)c1csc(CNC(=O)c2cccc(S(=O)(=O)Nc3ccccc3F)c2)n1. The minimum Gasteiger partial charge on any atom is -0.346 e. The zero-order chi connectivity index (χ0) is 21.9. The van der Waals surface area contributed by atoms with Gasteiger partial charge in [-0.3, -0.25) is 9.52 Å². The second kappa shape index (κ2) is 8.53. The monoisotopic (exact) mass is 447 g/mol. The Morgan fingerprint density at radius 1 is 1.13 bits per heavy atom. The van der Waals surface area contributed by atoms with Gasteiger partial charge in [0.05, 0.1) is 22.8 Å². The van der Waals surface area contributed by atoms with Gasteiger partial charge in [-0.1, -0.05) is 39.0 Å². The van der Waals surface area contributed by atoms with Gasteiger partial charge >= 0.3 is 0 Å². The summed E-state index contributed by atoms with van der Waals surface area (Å²) in [6.07, 6.45) is 0. The molecule has 3 aromatic rings. The van der Waals surface area contributed by atoms with Gasteiger partial charge in [0.15, 0.2) is 0 Å². The van der Waals surface area contributed by atoms with Crippen molar-refractivity contribution in [1.82, 2.24) is 10.3 Å². The number of carbonyl (C=O) groups is 1. The number of rotatable bonds is 6. The zero-order valence-corrected chi connectivity index (χ0v) is 18.4. The molecule has 0 fully saturated rings. The number of aromatic nitrogens is 1. The molecule has 0 radical (unpaired) electrons. The van der Waals surface area contributed by atoms with Crippen molar-refractivity contribution in [3.63, 3.8) is 0 Å². The Bertz CT molecular complexity index is 1170. The van der Waals surface area contributed by atoms with E-state index in [4.69, 9.17) is 0 Å². The average Bonchev–Trinajstić information content (AvgIpc) is 3.17. The van der Waals surface area contributed by atoms with Crippen molar-refractivity contribution in [2.75, 3.05) is 4.72 Å². The van der Waals surface area contributed by atoms with Crippen LogP contribution >= 0.6 is 11.3 Å². The Morgan fingerprint density at radius 2 is 1.87 bits per heavy atom. The number of thiazole rings is 1. The van der Waals surface area contributed by atoms with Gasteiger partial charge in [0.2, 0.25) is 0 Å². The van der Waals surface area contributed by atoms with Gasteiger partial charge in [0, 0.05) is 16.4 Å². The summed E-state index contributed by atoms with van der Waals surface area (Å²) in [5, 5.41) is 5.47. The van der Waals surface area contributed by atoms with E-state index in [0.29, 0.717) is 0 Å². The summed E-state index contributed by atoms with van der Waals surface area (Å²) >= 11 is 1.46. The summed E-state index contributed by atoms with van der Waals surface area (Å²) < 4.78 is 41.2. The van der Waals surface area contributed by atoms with Gasteiger partial charge in [-0.05, 0) is 30.3 Å². The third-order valence-corrected chi connectivity index (χ3v) is 6.46. The Balaban J connectivity index is 1.72. The minimum absolute atomic E-state index is 0.0767. The number of anilines is 1. The van der Waals surface area contributed by atoms with Crippen LogP contribution in [0.4, 0.5) is 10.1 Å². The number of hydrogen-bond donors (Lipinski definition) is 2. The summed E-state index contributed by atoms with van der Waals surface area (Å²) in [5.74, 6) is -1.11. The van der Waals surface area contributed by atoms with Crippen molar-refractivity contribution in [3.05, 3.63) is 76.0 Å². The molecule has 1 heterocycles. The molecule has 0 aliphatic carbocycles. The maximum absolute atomic E-state index is 13.8. The van der Waals surface area contributed by atoms with Crippen molar-refractivity contribution >= 4 is 33.0 Å². The standard InChI is InChI=1S/C21H22FN3O3S2/c1-21(2,3)18-13-29-19(24-18)12-23-20(26)14-7-6-8-15(11-14)30(27,28)25-17-10-5-4-9-16(17)22/h4-11,13,25H,12H2,1-3H3,(H,23,26). The van der Waals surface area contributed by atoms with E-state index in [1.165, 1.54) is 53.8 Å². The molecule has 9 heteroatoms. The predicted octanol–water partition coefficient (Wildman–Crippen LogP) is 4.31. The van der Waals surface area contributed by atoms with E-state index in [2.05, 4.69) is 35.8 Å². The number of nitrogens with one attached hydrogen (secondary N) is 2. The number of hydrogen-bond acceptors (Lipinski definition) is 5. The van der Waals surface area contributed by atoms with Crippen LogP contribution in [0.5, 0.6) is 0 Å². The lowest BCUT2D eigenvalue weighted by molar-refractivity contribution is 0.0950. The molecule has 0 saturated carbocycles. The summed E-state index contributed by atoms with van der Waals surface area (Å²) in [5.41, 5.74) is 0.890. The van der Waals surface area contributed by atoms with E-state index in [1.807, 2.05) is 5.38 Å². The summed E-state index contributed by atoms with van der Waals surface area (Å²) in [6.45, 7) is 6.42. The van der Waals surface area contributed by atoms with Gasteiger partial charge in [0.1, 0.15) is 10.8 Å². The molecular weight excluding hydrogens is 425 g/mol. The lowest BCUT2D eigenvalue weighted by atomic mass is 9.93. The summed E-state index contributed by atoms with van der Waals surface area (Å²) in [7, 11) is -4.05. The first-order valence-electron chi connectivity index (χ1n) is 9.17. The molecule has 0 bridgehead atoms. The van der Waals surface area contributed by atoms with E-state index < -0.39 is 21.7 Å². The first-order chi connectivity index (χ1) is 14.1. The highest BCUT2D eigenvalue weighted by Crippen LogP contribution is 2.24. The fraction of sp³-hybridized carbons (Fsp3) is 0.238. The molecule has 0 unspecified atom stereocenters. The van der Waals surface area contributed by atoms with Crippen LogP contribution in [-0.2, 0) is 22.0 Å². The highest BCUT2D eigenvalue weighted by atomic mass is 32.2. The van der Waals surface area contributed by atoms with Gasteiger partial charge in [0.25, 0.3) is 15.9 Å². The smallest absolute Gasteiger partial charge is 0.262 e. The topological polar surface area (TPSA) is 88.2 Å². The van der Waals surface area contributed by atoms with E-state index in [0.717, 1.165) is 16.8 Å².